The van der Waals surface area contributed by atoms with E-state index in [1.807, 2.05) is 36.4 Å². The Labute approximate surface area is 149 Å². The van der Waals surface area contributed by atoms with Crippen molar-refractivity contribution in [3.8, 4) is 11.1 Å². The summed E-state index contributed by atoms with van der Waals surface area (Å²) in [5.41, 5.74) is -0.855. The highest BCUT2D eigenvalue weighted by Gasteiger charge is 2.60. The molecule has 26 heavy (non-hydrogen) atoms. The van der Waals surface area contributed by atoms with Crippen molar-refractivity contribution in [2.75, 3.05) is 0 Å². The third-order valence-electron chi connectivity index (χ3n) is 4.72. The summed E-state index contributed by atoms with van der Waals surface area (Å²) in [7, 11) is 0. The second kappa shape index (κ2) is 5.85. The number of alkyl halides is 3. The molecule has 0 bridgehead atoms. The normalized spacial score (nSPS) is 18.8. The van der Waals surface area contributed by atoms with Gasteiger partial charge in [0.05, 0.1) is 0 Å². The molecule has 0 aliphatic heterocycles. The van der Waals surface area contributed by atoms with Crippen LogP contribution in [0.4, 0.5) is 13.2 Å². The van der Waals surface area contributed by atoms with E-state index in [0.717, 1.165) is 5.56 Å². The van der Waals surface area contributed by atoms with Crippen molar-refractivity contribution in [1.29, 1.82) is 0 Å². The average Bonchev–Trinajstić information content (AvgIpc) is 2.91. The number of halogens is 3. The molecule has 4 heteroatoms. The summed E-state index contributed by atoms with van der Waals surface area (Å²) >= 11 is 0. The quantitative estimate of drug-likeness (QED) is 0.592. The van der Waals surface area contributed by atoms with Crippen LogP contribution < -0.4 is 0 Å². The fraction of sp³-hybridized carbons (Fsp3) is 0.0909. The molecule has 4 rings (SSSR count). The number of aliphatic hydroxyl groups is 1. The van der Waals surface area contributed by atoms with Gasteiger partial charge in [0.15, 0.2) is 0 Å². The van der Waals surface area contributed by atoms with E-state index in [1.165, 1.54) is 18.2 Å². The Morgan fingerprint density at radius 1 is 0.692 bits per heavy atom. The first kappa shape index (κ1) is 16.6. The number of rotatable bonds is 2. The van der Waals surface area contributed by atoms with E-state index in [4.69, 9.17) is 0 Å². The number of hydrogen-bond donors (Lipinski definition) is 1. The van der Waals surface area contributed by atoms with Crippen LogP contribution in [-0.2, 0) is 5.60 Å². The maximum absolute atomic E-state index is 13.8. The SMILES string of the molecule is OC1(C(F)(F)F)c2ccccc2-c2ccc(/C=C/c3ccccc3)cc21. The molecule has 1 atom stereocenters. The molecule has 1 aliphatic carbocycles. The first-order chi connectivity index (χ1) is 12.4. The molecule has 0 radical (unpaired) electrons. The van der Waals surface area contributed by atoms with Crippen LogP contribution in [-0.4, -0.2) is 11.3 Å². The second-order valence-corrected chi connectivity index (χ2v) is 6.30. The summed E-state index contributed by atoms with van der Waals surface area (Å²) in [6.07, 6.45) is -1.23. The van der Waals surface area contributed by atoms with Gasteiger partial charge >= 0.3 is 6.18 Å². The molecular formula is C22H15F3O. The Hall–Kier alpha value is -2.85. The van der Waals surface area contributed by atoms with Crippen molar-refractivity contribution >= 4 is 12.2 Å². The molecule has 1 unspecified atom stereocenters. The third kappa shape index (κ3) is 2.45. The largest absolute Gasteiger partial charge is 0.425 e. The van der Waals surface area contributed by atoms with Crippen LogP contribution in [0.1, 0.15) is 22.3 Å². The molecule has 1 N–H and O–H groups in total. The Balaban J connectivity index is 1.84. The number of hydrogen-bond acceptors (Lipinski definition) is 1. The van der Waals surface area contributed by atoms with Crippen molar-refractivity contribution in [3.63, 3.8) is 0 Å². The molecule has 0 fully saturated rings. The lowest BCUT2D eigenvalue weighted by Crippen LogP contribution is -2.41. The lowest BCUT2D eigenvalue weighted by molar-refractivity contribution is -0.246. The van der Waals surface area contributed by atoms with Crippen molar-refractivity contribution in [1.82, 2.24) is 0 Å². The maximum atomic E-state index is 13.8. The average molecular weight is 352 g/mol. The highest BCUT2D eigenvalue weighted by Crippen LogP contribution is 2.55. The zero-order chi connectivity index (χ0) is 18.4. The lowest BCUT2D eigenvalue weighted by atomic mass is 9.90. The summed E-state index contributed by atoms with van der Waals surface area (Å²) in [4.78, 5) is 0. The molecule has 130 valence electrons. The minimum Gasteiger partial charge on any atom is -0.372 e. The number of benzene rings is 3. The van der Waals surface area contributed by atoms with Crippen LogP contribution >= 0.6 is 0 Å². The van der Waals surface area contributed by atoms with Gasteiger partial charge in [0.2, 0.25) is 5.60 Å². The van der Waals surface area contributed by atoms with E-state index in [0.29, 0.717) is 16.7 Å². The molecule has 1 aliphatic rings. The molecule has 3 aromatic rings. The van der Waals surface area contributed by atoms with Gasteiger partial charge in [-0.15, -0.1) is 0 Å². The molecule has 3 aromatic carbocycles. The van der Waals surface area contributed by atoms with Gasteiger partial charge in [-0.25, -0.2) is 0 Å². The molecule has 1 nitrogen and oxygen atoms in total. The smallest absolute Gasteiger partial charge is 0.372 e. The monoisotopic (exact) mass is 352 g/mol. The molecule has 0 saturated carbocycles. The highest BCUT2D eigenvalue weighted by molar-refractivity contribution is 5.82. The first-order valence-electron chi connectivity index (χ1n) is 8.18. The fourth-order valence-corrected chi connectivity index (χ4v) is 3.44. The Morgan fingerprint density at radius 2 is 1.31 bits per heavy atom. The van der Waals surface area contributed by atoms with Crippen LogP contribution in [0.15, 0.2) is 72.8 Å². The van der Waals surface area contributed by atoms with Crippen LogP contribution in [0.5, 0.6) is 0 Å². The van der Waals surface area contributed by atoms with E-state index < -0.39 is 11.8 Å². The highest BCUT2D eigenvalue weighted by atomic mass is 19.4. The van der Waals surface area contributed by atoms with Crippen molar-refractivity contribution in [3.05, 3.63) is 95.1 Å². The Bertz CT molecular complexity index is 990. The maximum Gasteiger partial charge on any atom is 0.425 e. The molecular weight excluding hydrogens is 337 g/mol. The molecule has 0 spiro atoms. The molecule has 0 saturated heterocycles. The molecule has 0 aromatic heterocycles. The van der Waals surface area contributed by atoms with Gasteiger partial charge in [-0.2, -0.15) is 13.2 Å². The lowest BCUT2D eigenvalue weighted by Gasteiger charge is -2.28. The van der Waals surface area contributed by atoms with E-state index in [-0.39, 0.29) is 11.1 Å². The van der Waals surface area contributed by atoms with E-state index >= 15 is 0 Å². The summed E-state index contributed by atoms with van der Waals surface area (Å²) in [5, 5.41) is 10.7. The topological polar surface area (TPSA) is 20.2 Å². The van der Waals surface area contributed by atoms with Crippen LogP contribution in [0.3, 0.4) is 0 Å². The Morgan fingerprint density at radius 3 is 2.04 bits per heavy atom. The van der Waals surface area contributed by atoms with Crippen molar-refractivity contribution in [2.24, 2.45) is 0 Å². The second-order valence-electron chi connectivity index (χ2n) is 6.30. The van der Waals surface area contributed by atoms with Gasteiger partial charge in [0.25, 0.3) is 0 Å². The van der Waals surface area contributed by atoms with Gasteiger partial charge in [-0.05, 0) is 28.3 Å². The summed E-state index contributed by atoms with van der Waals surface area (Å²) in [6, 6.07) is 20.4. The molecule has 0 heterocycles. The predicted octanol–water partition coefficient (Wildman–Crippen LogP) is 5.64. The van der Waals surface area contributed by atoms with Crippen LogP contribution in [0, 0.1) is 0 Å². The van der Waals surface area contributed by atoms with E-state index in [2.05, 4.69) is 0 Å². The predicted molar refractivity (Wildman–Crippen MR) is 96.3 cm³/mol. The summed E-state index contributed by atoms with van der Waals surface area (Å²) in [6.45, 7) is 0. The number of fused-ring (bicyclic) bond motifs is 3. The minimum absolute atomic E-state index is 0.119. The fourth-order valence-electron chi connectivity index (χ4n) is 3.44. The minimum atomic E-state index is -4.81. The van der Waals surface area contributed by atoms with E-state index in [1.54, 1.807) is 30.3 Å². The van der Waals surface area contributed by atoms with Gasteiger partial charge in [-0.1, -0.05) is 78.9 Å². The summed E-state index contributed by atoms with van der Waals surface area (Å²) < 4.78 is 41.5. The summed E-state index contributed by atoms with van der Waals surface area (Å²) in [5.74, 6) is 0. The van der Waals surface area contributed by atoms with Gasteiger partial charge in [0, 0.05) is 11.1 Å². The zero-order valence-corrected chi connectivity index (χ0v) is 13.7. The van der Waals surface area contributed by atoms with Crippen molar-refractivity contribution in [2.45, 2.75) is 11.8 Å². The van der Waals surface area contributed by atoms with Gasteiger partial charge in [0.1, 0.15) is 0 Å². The first-order valence-corrected chi connectivity index (χ1v) is 8.18. The third-order valence-corrected chi connectivity index (χ3v) is 4.72. The van der Waals surface area contributed by atoms with Gasteiger partial charge < -0.3 is 5.11 Å². The van der Waals surface area contributed by atoms with Crippen molar-refractivity contribution < 1.29 is 18.3 Å². The standard InChI is InChI=1S/C22H15F3O/c23-22(24,25)21(26)19-9-5-4-8-17(19)18-13-12-16(14-20(18)21)11-10-15-6-2-1-3-7-15/h1-14,26H/b11-10+. The van der Waals surface area contributed by atoms with Gasteiger partial charge in [-0.3, -0.25) is 0 Å². The van der Waals surface area contributed by atoms with Crippen LogP contribution in [0.2, 0.25) is 0 Å². The molecule has 0 amide bonds. The zero-order valence-electron chi connectivity index (χ0n) is 13.7. The van der Waals surface area contributed by atoms with E-state index in [9.17, 15) is 18.3 Å². The van der Waals surface area contributed by atoms with Crippen LogP contribution in [0.25, 0.3) is 23.3 Å². The Kier molecular flexibility index (Phi) is 3.74.